The summed E-state index contributed by atoms with van der Waals surface area (Å²) < 4.78 is 1.34. The molecule has 1 amide bonds. The zero-order chi connectivity index (χ0) is 24.5. The van der Waals surface area contributed by atoms with E-state index in [-0.39, 0.29) is 0 Å². The van der Waals surface area contributed by atoms with Crippen molar-refractivity contribution in [1.29, 1.82) is 0 Å². The summed E-state index contributed by atoms with van der Waals surface area (Å²) in [6.45, 7) is 10.8. The van der Waals surface area contributed by atoms with Crippen molar-refractivity contribution < 1.29 is 4.79 Å². The Morgan fingerprint density at radius 1 is 1.15 bits per heavy atom. The number of thiophene rings is 1. The van der Waals surface area contributed by atoms with Crippen LogP contribution in [0.1, 0.15) is 73.3 Å². The van der Waals surface area contributed by atoms with Crippen LogP contribution in [-0.2, 0) is 4.79 Å². The second-order valence-electron chi connectivity index (χ2n) is 9.35. The quantitative estimate of drug-likeness (QED) is 0.613. The van der Waals surface area contributed by atoms with Crippen LogP contribution in [0.15, 0.2) is 24.7 Å². The Morgan fingerprint density at radius 3 is 2.32 bits per heavy atom. The van der Waals surface area contributed by atoms with Gasteiger partial charge >= 0.3 is 0 Å². The number of aryl methyl sites for hydroxylation is 1. The van der Waals surface area contributed by atoms with Gasteiger partial charge in [0.2, 0.25) is 12.4 Å². The molecule has 34 heavy (non-hydrogen) atoms. The van der Waals surface area contributed by atoms with E-state index in [2.05, 4.69) is 53.2 Å². The lowest BCUT2D eigenvalue weighted by atomic mass is 9.92. The molecule has 0 unspecified atom stereocenters. The first-order valence-electron chi connectivity index (χ1n) is 12.3. The van der Waals surface area contributed by atoms with E-state index in [1.807, 2.05) is 23.7 Å². The van der Waals surface area contributed by atoms with Crippen molar-refractivity contribution in [2.75, 3.05) is 32.5 Å². The molecule has 2 aromatic heterocycles. The van der Waals surface area contributed by atoms with E-state index in [0.29, 0.717) is 17.8 Å². The summed E-state index contributed by atoms with van der Waals surface area (Å²) in [6.07, 6.45) is 16.7. The van der Waals surface area contributed by atoms with E-state index in [0.717, 1.165) is 38.0 Å². The van der Waals surface area contributed by atoms with Gasteiger partial charge in [0.15, 0.2) is 0 Å². The van der Waals surface area contributed by atoms with Crippen molar-refractivity contribution in [1.82, 2.24) is 20.2 Å². The Balaban J connectivity index is 0.000000588. The third-order valence-electron chi connectivity index (χ3n) is 6.51. The van der Waals surface area contributed by atoms with Crippen LogP contribution in [0.4, 0.5) is 5.95 Å². The monoisotopic (exact) mass is 481 g/mol. The van der Waals surface area contributed by atoms with Gasteiger partial charge in [-0.15, -0.1) is 11.3 Å². The molecule has 0 aromatic carbocycles. The summed E-state index contributed by atoms with van der Waals surface area (Å²) in [5, 5.41) is 8.05. The first-order valence-corrected chi connectivity index (χ1v) is 13.1. The van der Waals surface area contributed by atoms with Crippen LogP contribution >= 0.6 is 11.3 Å². The van der Waals surface area contributed by atoms with Crippen LogP contribution in [0.2, 0.25) is 0 Å². The van der Waals surface area contributed by atoms with Gasteiger partial charge < -0.3 is 15.5 Å². The van der Waals surface area contributed by atoms with Gasteiger partial charge in [-0.2, -0.15) is 0 Å². The zero-order valence-corrected chi connectivity index (χ0v) is 21.9. The van der Waals surface area contributed by atoms with E-state index in [9.17, 15) is 4.79 Å². The van der Waals surface area contributed by atoms with Gasteiger partial charge in [0.1, 0.15) is 0 Å². The number of aromatic nitrogens is 2. The van der Waals surface area contributed by atoms with Crippen LogP contribution in [0.25, 0.3) is 12.2 Å². The maximum Gasteiger partial charge on any atom is 0.227 e. The summed E-state index contributed by atoms with van der Waals surface area (Å²) in [5.74, 6) is 1.89. The molecule has 4 rings (SSSR count). The standard InChI is InChI=1S/C24H32N4S.C3H7NO/c1-4-22-21(23(17(3)29-22)19-7-5-6-8-19)13-16(2)28-24-26-14-20(15-27-24)18-9-11-25-12-10-18;1-4(2)3-5/h4,13-15,18-19,25H,2,5-12H2,1,3H3,(H,26,27,28);3H,1-2H3/b21-13+,22-4+;. The highest BCUT2D eigenvalue weighted by Crippen LogP contribution is 2.34. The number of carbonyl (C=O) groups excluding carboxylic acids is 1. The average molecular weight is 482 g/mol. The Kier molecular flexibility index (Phi) is 9.84. The molecule has 1 saturated heterocycles. The molecule has 2 fully saturated rings. The maximum atomic E-state index is 9.43. The molecular formula is C27H39N5OS. The van der Waals surface area contributed by atoms with E-state index < -0.39 is 0 Å². The fourth-order valence-corrected chi connectivity index (χ4v) is 5.92. The molecule has 0 bridgehead atoms. The molecule has 1 aliphatic carbocycles. The predicted octanol–water partition coefficient (Wildman–Crippen LogP) is 3.88. The lowest BCUT2D eigenvalue weighted by Crippen LogP contribution is -2.26. The molecule has 0 atom stereocenters. The van der Waals surface area contributed by atoms with Crippen molar-refractivity contribution in [2.24, 2.45) is 0 Å². The summed E-state index contributed by atoms with van der Waals surface area (Å²) in [7, 11) is 3.38. The zero-order valence-electron chi connectivity index (χ0n) is 21.1. The number of piperidine rings is 1. The van der Waals surface area contributed by atoms with Crippen molar-refractivity contribution in [3.8, 4) is 0 Å². The molecule has 0 radical (unpaired) electrons. The summed E-state index contributed by atoms with van der Waals surface area (Å²) >= 11 is 1.90. The Bertz CT molecular complexity index is 1060. The molecular weight excluding hydrogens is 442 g/mol. The smallest absolute Gasteiger partial charge is 0.227 e. The minimum atomic E-state index is 0.575. The molecule has 1 saturated carbocycles. The summed E-state index contributed by atoms with van der Waals surface area (Å²) in [4.78, 5) is 21.4. The topological polar surface area (TPSA) is 70.2 Å². The van der Waals surface area contributed by atoms with E-state index >= 15 is 0 Å². The van der Waals surface area contributed by atoms with Gasteiger partial charge in [0.05, 0.1) is 0 Å². The minimum Gasteiger partial charge on any atom is -0.351 e. The third kappa shape index (κ3) is 7.00. The number of allylic oxidation sites excluding steroid dienone is 1. The second kappa shape index (κ2) is 12.8. The van der Waals surface area contributed by atoms with Crippen LogP contribution in [-0.4, -0.2) is 48.5 Å². The fraction of sp³-hybridized carbons (Fsp3) is 0.519. The number of rotatable bonds is 6. The number of hydrogen-bond acceptors (Lipinski definition) is 6. The largest absolute Gasteiger partial charge is 0.351 e. The number of carbonyl (C=O) groups is 1. The van der Waals surface area contributed by atoms with E-state index in [4.69, 9.17) is 0 Å². The molecule has 1 aliphatic heterocycles. The predicted molar refractivity (Wildman–Crippen MR) is 144 cm³/mol. The molecule has 2 N–H and O–H groups in total. The highest BCUT2D eigenvalue weighted by atomic mass is 32.1. The summed E-state index contributed by atoms with van der Waals surface area (Å²) in [6, 6.07) is 0. The first kappa shape index (κ1) is 26.1. The lowest BCUT2D eigenvalue weighted by molar-refractivity contribution is -0.115. The van der Waals surface area contributed by atoms with Crippen molar-refractivity contribution in [3.05, 3.63) is 50.4 Å². The number of nitrogens with one attached hydrogen (secondary N) is 2. The second-order valence-corrected chi connectivity index (χ2v) is 10.6. The van der Waals surface area contributed by atoms with Gasteiger partial charge in [0.25, 0.3) is 0 Å². The van der Waals surface area contributed by atoms with Gasteiger partial charge in [-0.05, 0) is 86.9 Å². The highest BCUT2D eigenvalue weighted by molar-refractivity contribution is 7.09. The van der Waals surface area contributed by atoms with Crippen LogP contribution in [0.5, 0.6) is 0 Å². The Morgan fingerprint density at radius 2 is 1.76 bits per heavy atom. The van der Waals surface area contributed by atoms with Gasteiger partial charge in [-0.1, -0.05) is 25.5 Å². The SMILES string of the molecule is C=C(/C=c1/c(C2CCCC2)c(C)s/c1=C/C)Nc1ncc(C2CCNCC2)cn1.CN(C)C=O. The van der Waals surface area contributed by atoms with Crippen molar-refractivity contribution in [2.45, 2.75) is 64.2 Å². The Labute approximate surface area is 207 Å². The normalized spacial score (nSPS) is 17.9. The molecule has 2 aliphatic rings. The van der Waals surface area contributed by atoms with Crippen molar-refractivity contribution in [3.63, 3.8) is 0 Å². The number of anilines is 1. The molecule has 0 spiro atoms. The minimum absolute atomic E-state index is 0.575. The molecule has 184 valence electrons. The molecule has 6 nitrogen and oxygen atoms in total. The van der Waals surface area contributed by atoms with Gasteiger partial charge in [-0.3, -0.25) is 4.79 Å². The molecule has 2 aromatic rings. The van der Waals surface area contributed by atoms with E-state index in [1.165, 1.54) is 56.3 Å². The Hall–Kier alpha value is -2.51. The maximum absolute atomic E-state index is 9.43. The fourth-order valence-electron chi connectivity index (χ4n) is 4.81. The van der Waals surface area contributed by atoms with Gasteiger partial charge in [0, 0.05) is 41.6 Å². The number of amides is 1. The third-order valence-corrected chi connectivity index (χ3v) is 7.71. The van der Waals surface area contributed by atoms with Crippen LogP contribution < -0.4 is 20.4 Å². The van der Waals surface area contributed by atoms with Crippen LogP contribution in [0.3, 0.4) is 0 Å². The van der Waals surface area contributed by atoms with Crippen molar-refractivity contribution >= 4 is 35.8 Å². The lowest BCUT2D eigenvalue weighted by Gasteiger charge is -2.22. The summed E-state index contributed by atoms with van der Waals surface area (Å²) in [5.41, 5.74) is 3.62. The number of nitrogens with zero attached hydrogens (tertiary/aromatic N) is 3. The molecule has 7 heteroatoms. The van der Waals surface area contributed by atoms with E-state index in [1.54, 1.807) is 14.1 Å². The molecule has 3 heterocycles. The number of hydrogen-bond donors (Lipinski definition) is 2. The highest BCUT2D eigenvalue weighted by Gasteiger charge is 2.21. The first-order chi connectivity index (χ1) is 16.4. The van der Waals surface area contributed by atoms with Crippen LogP contribution in [0, 0.1) is 6.92 Å². The average Bonchev–Trinajstić information content (AvgIpc) is 3.48. The van der Waals surface area contributed by atoms with Gasteiger partial charge in [-0.25, -0.2) is 9.97 Å².